The van der Waals surface area contributed by atoms with E-state index in [1.165, 1.54) is 0 Å². The quantitative estimate of drug-likeness (QED) is 0.864. The predicted octanol–water partition coefficient (Wildman–Crippen LogP) is 3.23. The van der Waals surface area contributed by atoms with E-state index in [1.807, 2.05) is 12.1 Å². The molecule has 5 heteroatoms. The molecule has 114 valence electrons. The first kappa shape index (κ1) is 14.4. The molecule has 21 heavy (non-hydrogen) atoms. The highest BCUT2D eigenvalue weighted by atomic mass is 32.1. The minimum Gasteiger partial charge on any atom is -0.493 e. The molecule has 2 unspecified atom stereocenters. The van der Waals surface area contributed by atoms with Crippen molar-refractivity contribution in [3.63, 3.8) is 0 Å². The van der Waals surface area contributed by atoms with Crippen LogP contribution in [-0.4, -0.2) is 28.9 Å². The van der Waals surface area contributed by atoms with Gasteiger partial charge in [0, 0.05) is 24.6 Å². The first-order valence-corrected chi connectivity index (χ1v) is 8.02. The van der Waals surface area contributed by atoms with Crippen LogP contribution in [-0.2, 0) is 0 Å². The number of nitrogens with zero attached hydrogens (tertiary/aromatic N) is 1. The van der Waals surface area contributed by atoms with Gasteiger partial charge in [-0.3, -0.25) is 0 Å². The molecular weight excluding hydrogens is 284 g/mol. The highest BCUT2D eigenvalue weighted by molar-refractivity contribution is 7.80. The molecule has 3 rings (SSSR count). The SMILES string of the molecule is CCCOc1ccc2c(c1)OC1(C)CC2NC(=S)N1CC. The van der Waals surface area contributed by atoms with E-state index in [2.05, 4.69) is 37.1 Å². The van der Waals surface area contributed by atoms with Gasteiger partial charge in [0.15, 0.2) is 10.8 Å². The second-order valence-electron chi connectivity index (χ2n) is 5.78. The van der Waals surface area contributed by atoms with Gasteiger partial charge in [-0.2, -0.15) is 0 Å². The fourth-order valence-corrected chi connectivity index (χ4v) is 3.65. The predicted molar refractivity (Wildman–Crippen MR) is 86.7 cm³/mol. The van der Waals surface area contributed by atoms with Gasteiger partial charge in [0.25, 0.3) is 0 Å². The maximum absolute atomic E-state index is 6.30. The van der Waals surface area contributed by atoms with E-state index in [-0.39, 0.29) is 11.8 Å². The molecule has 1 fully saturated rings. The first-order valence-electron chi connectivity index (χ1n) is 7.61. The van der Waals surface area contributed by atoms with E-state index in [9.17, 15) is 0 Å². The molecule has 2 aliphatic rings. The zero-order chi connectivity index (χ0) is 15.0. The maximum Gasteiger partial charge on any atom is 0.184 e. The van der Waals surface area contributed by atoms with Crippen LogP contribution in [0.3, 0.4) is 0 Å². The lowest BCUT2D eigenvalue weighted by Gasteiger charge is -2.52. The molecule has 0 saturated carbocycles. The Morgan fingerprint density at radius 1 is 1.48 bits per heavy atom. The Kier molecular flexibility index (Phi) is 3.69. The Balaban J connectivity index is 1.94. The summed E-state index contributed by atoms with van der Waals surface area (Å²) in [5.74, 6) is 1.76. The molecule has 2 atom stereocenters. The van der Waals surface area contributed by atoms with Crippen molar-refractivity contribution in [3.8, 4) is 11.5 Å². The van der Waals surface area contributed by atoms with Gasteiger partial charge in [0.2, 0.25) is 0 Å². The van der Waals surface area contributed by atoms with Gasteiger partial charge >= 0.3 is 0 Å². The van der Waals surface area contributed by atoms with E-state index < -0.39 is 0 Å². The molecule has 0 spiro atoms. The summed E-state index contributed by atoms with van der Waals surface area (Å²) in [5, 5.41) is 4.20. The molecule has 4 nitrogen and oxygen atoms in total. The standard InChI is InChI=1S/C16H22N2O2S/c1-4-8-19-11-6-7-12-13-10-16(3,20-14(12)9-11)18(5-2)15(21)17-13/h6-7,9,13H,4-5,8,10H2,1-3H3,(H,17,21). The topological polar surface area (TPSA) is 33.7 Å². The number of thiocarbonyl (C=S) groups is 1. The van der Waals surface area contributed by atoms with Crippen molar-refractivity contribution in [2.24, 2.45) is 0 Å². The third-order valence-electron chi connectivity index (χ3n) is 4.18. The maximum atomic E-state index is 6.30. The number of nitrogens with one attached hydrogen (secondary N) is 1. The molecule has 0 aliphatic carbocycles. The molecular formula is C16H22N2O2S. The summed E-state index contributed by atoms with van der Waals surface area (Å²) >= 11 is 5.47. The average molecular weight is 306 g/mol. The van der Waals surface area contributed by atoms with Crippen LogP contribution in [0.4, 0.5) is 0 Å². The molecule has 2 aliphatic heterocycles. The van der Waals surface area contributed by atoms with E-state index in [0.29, 0.717) is 0 Å². The first-order chi connectivity index (χ1) is 10.1. The van der Waals surface area contributed by atoms with E-state index in [1.54, 1.807) is 0 Å². The number of benzene rings is 1. The van der Waals surface area contributed by atoms with Crippen LogP contribution in [0.2, 0.25) is 0 Å². The fourth-order valence-electron chi connectivity index (χ4n) is 3.18. The van der Waals surface area contributed by atoms with Crippen molar-refractivity contribution in [2.75, 3.05) is 13.2 Å². The Labute approximate surface area is 131 Å². The Morgan fingerprint density at radius 2 is 2.29 bits per heavy atom. The number of ether oxygens (including phenoxy) is 2. The largest absolute Gasteiger partial charge is 0.493 e. The smallest absolute Gasteiger partial charge is 0.184 e. The van der Waals surface area contributed by atoms with E-state index in [4.69, 9.17) is 21.7 Å². The summed E-state index contributed by atoms with van der Waals surface area (Å²) in [6.45, 7) is 7.86. The minimum atomic E-state index is -0.377. The van der Waals surface area contributed by atoms with Gasteiger partial charge < -0.3 is 19.7 Å². The number of rotatable bonds is 4. The van der Waals surface area contributed by atoms with E-state index in [0.717, 1.165) is 48.2 Å². The van der Waals surface area contributed by atoms with Crippen LogP contribution in [0.25, 0.3) is 0 Å². The number of hydrogen-bond acceptors (Lipinski definition) is 3. The van der Waals surface area contributed by atoms with Crippen molar-refractivity contribution in [1.82, 2.24) is 10.2 Å². The second kappa shape index (κ2) is 5.37. The van der Waals surface area contributed by atoms with Gasteiger partial charge in [-0.15, -0.1) is 0 Å². The lowest BCUT2D eigenvalue weighted by Crippen LogP contribution is -2.64. The molecule has 1 aromatic carbocycles. The number of hydrogen-bond donors (Lipinski definition) is 1. The van der Waals surface area contributed by atoms with Crippen LogP contribution >= 0.6 is 12.2 Å². The molecule has 1 aromatic rings. The van der Waals surface area contributed by atoms with Crippen molar-refractivity contribution < 1.29 is 9.47 Å². The van der Waals surface area contributed by atoms with Crippen molar-refractivity contribution in [3.05, 3.63) is 23.8 Å². The fraction of sp³-hybridized carbons (Fsp3) is 0.562. The third-order valence-corrected chi connectivity index (χ3v) is 4.51. The normalized spacial score (nSPS) is 26.7. The van der Waals surface area contributed by atoms with Gasteiger partial charge in [0.1, 0.15) is 11.5 Å². The third kappa shape index (κ3) is 2.44. The summed E-state index contributed by atoms with van der Waals surface area (Å²) in [5.41, 5.74) is 0.785. The van der Waals surface area contributed by atoms with Gasteiger partial charge in [-0.25, -0.2) is 0 Å². The van der Waals surface area contributed by atoms with Crippen LogP contribution in [0.5, 0.6) is 11.5 Å². The molecule has 0 aromatic heterocycles. The van der Waals surface area contributed by atoms with Crippen molar-refractivity contribution >= 4 is 17.3 Å². The Hall–Kier alpha value is -1.49. The van der Waals surface area contributed by atoms with Crippen LogP contribution in [0.15, 0.2) is 18.2 Å². The number of fused-ring (bicyclic) bond motifs is 4. The Bertz CT molecular complexity index is 563. The summed E-state index contributed by atoms with van der Waals surface area (Å²) in [4.78, 5) is 2.11. The monoisotopic (exact) mass is 306 g/mol. The molecule has 1 saturated heterocycles. The minimum absolute atomic E-state index is 0.217. The van der Waals surface area contributed by atoms with Gasteiger partial charge in [0.05, 0.1) is 12.6 Å². The van der Waals surface area contributed by atoms with Crippen molar-refractivity contribution in [2.45, 2.75) is 45.4 Å². The van der Waals surface area contributed by atoms with Gasteiger partial charge in [-0.05, 0) is 44.6 Å². The van der Waals surface area contributed by atoms with Crippen LogP contribution in [0, 0.1) is 0 Å². The lowest BCUT2D eigenvalue weighted by atomic mass is 9.90. The summed E-state index contributed by atoms with van der Waals surface area (Å²) in [7, 11) is 0. The van der Waals surface area contributed by atoms with Crippen LogP contribution < -0.4 is 14.8 Å². The highest BCUT2D eigenvalue weighted by Gasteiger charge is 2.46. The molecule has 2 bridgehead atoms. The zero-order valence-corrected chi connectivity index (χ0v) is 13.6. The summed E-state index contributed by atoms with van der Waals surface area (Å²) < 4.78 is 12.0. The van der Waals surface area contributed by atoms with E-state index >= 15 is 0 Å². The van der Waals surface area contributed by atoms with Crippen molar-refractivity contribution in [1.29, 1.82) is 0 Å². The summed E-state index contributed by atoms with van der Waals surface area (Å²) in [6, 6.07) is 6.31. The van der Waals surface area contributed by atoms with Gasteiger partial charge in [-0.1, -0.05) is 6.92 Å². The molecule has 0 amide bonds. The zero-order valence-electron chi connectivity index (χ0n) is 12.8. The highest BCUT2D eigenvalue weighted by Crippen LogP contribution is 2.45. The molecule has 0 radical (unpaired) electrons. The molecule has 1 N–H and O–H groups in total. The second-order valence-corrected chi connectivity index (χ2v) is 6.16. The Morgan fingerprint density at radius 3 is 3.00 bits per heavy atom. The average Bonchev–Trinajstić information content (AvgIpc) is 2.44. The lowest BCUT2D eigenvalue weighted by molar-refractivity contribution is -0.0659. The van der Waals surface area contributed by atoms with Crippen LogP contribution in [0.1, 0.15) is 45.2 Å². The summed E-state index contributed by atoms with van der Waals surface area (Å²) in [6.07, 6.45) is 1.89. The molecule has 2 heterocycles.